The molecule has 0 aromatic carbocycles. The van der Waals surface area contributed by atoms with E-state index in [0.717, 1.165) is 0 Å². The van der Waals surface area contributed by atoms with E-state index in [2.05, 4.69) is 10.1 Å². The Labute approximate surface area is 72.5 Å². The fraction of sp³-hybridized carbons (Fsp3) is 0. The molecule has 2 rings (SSSR count). The van der Waals surface area contributed by atoms with E-state index in [1.54, 1.807) is 29.4 Å². The molecule has 0 fully saturated rings. The van der Waals surface area contributed by atoms with E-state index in [1.807, 2.05) is 0 Å². The van der Waals surface area contributed by atoms with Crippen LogP contribution in [-0.4, -0.2) is 20.7 Å². The lowest BCUT2D eigenvalue weighted by molar-refractivity contribution is 0.0941. The zero-order valence-electron chi connectivity index (χ0n) is 6.04. The van der Waals surface area contributed by atoms with Gasteiger partial charge in [0.15, 0.2) is 0 Å². The maximum absolute atomic E-state index is 11.4. The lowest BCUT2D eigenvalue weighted by Crippen LogP contribution is -2.12. The van der Waals surface area contributed by atoms with E-state index in [-0.39, 0.29) is 5.91 Å². The molecule has 0 aliphatic rings. The highest BCUT2D eigenvalue weighted by molar-refractivity contribution is 7.07. The Morgan fingerprint density at radius 1 is 1.58 bits per heavy atom. The van der Waals surface area contributed by atoms with E-state index >= 15 is 0 Å². The minimum atomic E-state index is -0.193. The van der Waals surface area contributed by atoms with Crippen molar-refractivity contribution >= 4 is 17.2 Å². The number of rotatable bonds is 1. The lowest BCUT2D eigenvalue weighted by atomic mass is 10.5. The first-order valence-electron chi connectivity index (χ1n) is 3.30. The highest BCUT2D eigenvalue weighted by Crippen LogP contribution is 2.02. The summed E-state index contributed by atoms with van der Waals surface area (Å²) in [5.74, 6) is -0.193. The molecule has 12 heavy (non-hydrogen) atoms. The Bertz CT molecular complexity index is 329. The van der Waals surface area contributed by atoms with Gasteiger partial charge in [-0.1, -0.05) is 0 Å². The number of carbonyl (C=O) groups excluding carboxylic acids is 1. The molecule has 0 spiro atoms. The van der Waals surface area contributed by atoms with Crippen LogP contribution in [0.1, 0.15) is 10.5 Å². The molecule has 0 unspecified atom stereocenters. The number of carbonyl (C=O) groups is 1. The van der Waals surface area contributed by atoms with Crippen molar-refractivity contribution in [2.75, 3.05) is 0 Å². The molecule has 0 saturated heterocycles. The Morgan fingerprint density at radius 3 is 3.08 bits per heavy atom. The van der Waals surface area contributed by atoms with Crippen molar-refractivity contribution in [2.24, 2.45) is 0 Å². The van der Waals surface area contributed by atoms with E-state index in [4.69, 9.17) is 0 Å². The van der Waals surface area contributed by atoms with Gasteiger partial charge in [0, 0.05) is 17.8 Å². The van der Waals surface area contributed by atoms with Gasteiger partial charge in [0.05, 0.1) is 5.51 Å². The monoisotopic (exact) mass is 179 g/mol. The van der Waals surface area contributed by atoms with Crippen molar-refractivity contribution in [3.05, 3.63) is 35.0 Å². The van der Waals surface area contributed by atoms with Crippen LogP contribution in [0.15, 0.2) is 29.4 Å². The normalized spacial score (nSPS) is 10.0. The second-order valence-electron chi connectivity index (χ2n) is 2.13. The van der Waals surface area contributed by atoms with E-state index in [0.29, 0.717) is 5.69 Å². The molecule has 0 amide bonds. The molecule has 0 bridgehead atoms. The summed E-state index contributed by atoms with van der Waals surface area (Å²) < 4.78 is 1.26. The third-order valence-electron chi connectivity index (χ3n) is 1.36. The molecule has 0 radical (unpaired) electrons. The van der Waals surface area contributed by atoms with Crippen LogP contribution in [0, 0.1) is 0 Å². The number of aromatic nitrogens is 3. The molecule has 4 nitrogen and oxygen atoms in total. The van der Waals surface area contributed by atoms with Crippen molar-refractivity contribution in [2.45, 2.75) is 0 Å². The summed E-state index contributed by atoms with van der Waals surface area (Å²) in [5.41, 5.74) is 2.06. The first kappa shape index (κ1) is 7.17. The van der Waals surface area contributed by atoms with Gasteiger partial charge in [-0.05, 0) is 6.07 Å². The Hall–Kier alpha value is -1.49. The predicted molar refractivity (Wildman–Crippen MR) is 44.1 cm³/mol. The van der Waals surface area contributed by atoms with Gasteiger partial charge in [0.25, 0.3) is 5.91 Å². The zero-order chi connectivity index (χ0) is 8.39. The molecule has 0 saturated carbocycles. The summed E-state index contributed by atoms with van der Waals surface area (Å²) in [5, 5.41) is 5.50. The third-order valence-corrected chi connectivity index (χ3v) is 1.95. The first-order chi connectivity index (χ1) is 5.88. The van der Waals surface area contributed by atoms with Gasteiger partial charge in [0.2, 0.25) is 0 Å². The molecule has 5 heteroatoms. The van der Waals surface area contributed by atoms with Crippen LogP contribution in [0.25, 0.3) is 0 Å². The van der Waals surface area contributed by atoms with Gasteiger partial charge in [-0.2, -0.15) is 5.10 Å². The summed E-state index contributed by atoms with van der Waals surface area (Å²) in [4.78, 5) is 15.3. The lowest BCUT2D eigenvalue weighted by Gasteiger charge is -1.93. The standard InChI is InChI=1S/C7H5N3OS/c11-7(6-4-12-5-8-6)10-3-1-2-9-10/h1-5H. The minimum Gasteiger partial charge on any atom is -0.265 e. The summed E-state index contributed by atoms with van der Waals surface area (Å²) in [6.07, 6.45) is 3.16. The van der Waals surface area contributed by atoms with E-state index in [9.17, 15) is 4.79 Å². The second-order valence-corrected chi connectivity index (χ2v) is 2.85. The van der Waals surface area contributed by atoms with Crippen LogP contribution in [0.3, 0.4) is 0 Å². The fourth-order valence-corrected chi connectivity index (χ4v) is 1.35. The van der Waals surface area contributed by atoms with Crippen LogP contribution >= 0.6 is 11.3 Å². The fourth-order valence-electron chi connectivity index (χ4n) is 0.824. The summed E-state index contributed by atoms with van der Waals surface area (Å²) >= 11 is 1.39. The van der Waals surface area contributed by atoms with Crippen molar-refractivity contribution < 1.29 is 4.79 Å². The highest BCUT2D eigenvalue weighted by Gasteiger charge is 2.09. The summed E-state index contributed by atoms with van der Waals surface area (Å²) in [7, 11) is 0. The average Bonchev–Trinajstić information content (AvgIpc) is 2.77. The van der Waals surface area contributed by atoms with Crippen LogP contribution in [0.2, 0.25) is 0 Å². The molecule has 0 atom stereocenters. The number of thiazole rings is 1. The molecule has 2 heterocycles. The van der Waals surface area contributed by atoms with Crippen molar-refractivity contribution in [1.82, 2.24) is 14.8 Å². The highest BCUT2D eigenvalue weighted by atomic mass is 32.1. The number of nitrogens with zero attached hydrogens (tertiary/aromatic N) is 3. The summed E-state index contributed by atoms with van der Waals surface area (Å²) in [6.45, 7) is 0. The largest absolute Gasteiger partial charge is 0.297 e. The topological polar surface area (TPSA) is 47.8 Å². The van der Waals surface area contributed by atoms with E-state index < -0.39 is 0 Å². The molecule has 2 aromatic heterocycles. The average molecular weight is 179 g/mol. The molecule has 0 N–H and O–H groups in total. The summed E-state index contributed by atoms with van der Waals surface area (Å²) in [6, 6.07) is 1.70. The molecule has 0 aliphatic carbocycles. The SMILES string of the molecule is O=C(c1cscn1)n1cccn1. The van der Waals surface area contributed by atoms with Gasteiger partial charge in [0.1, 0.15) is 5.69 Å². The molecule has 60 valence electrons. The molecule has 0 aliphatic heterocycles. The predicted octanol–water partition coefficient (Wildman–Crippen LogP) is 1.03. The van der Waals surface area contributed by atoms with E-state index in [1.165, 1.54) is 16.0 Å². The third kappa shape index (κ3) is 1.14. The molecular weight excluding hydrogens is 174 g/mol. The van der Waals surface area contributed by atoms with Crippen LogP contribution < -0.4 is 0 Å². The maximum atomic E-state index is 11.4. The van der Waals surface area contributed by atoms with Gasteiger partial charge >= 0.3 is 0 Å². The van der Waals surface area contributed by atoms with Gasteiger partial charge in [-0.25, -0.2) is 9.67 Å². The van der Waals surface area contributed by atoms with Crippen molar-refractivity contribution in [3.8, 4) is 0 Å². The molecule has 2 aromatic rings. The zero-order valence-corrected chi connectivity index (χ0v) is 6.86. The Morgan fingerprint density at radius 2 is 2.50 bits per heavy atom. The van der Waals surface area contributed by atoms with Crippen LogP contribution in [-0.2, 0) is 0 Å². The minimum absolute atomic E-state index is 0.193. The van der Waals surface area contributed by atoms with Crippen molar-refractivity contribution in [1.29, 1.82) is 0 Å². The number of hydrogen-bond acceptors (Lipinski definition) is 4. The van der Waals surface area contributed by atoms with Crippen molar-refractivity contribution in [3.63, 3.8) is 0 Å². The van der Waals surface area contributed by atoms with Gasteiger partial charge < -0.3 is 0 Å². The smallest absolute Gasteiger partial charge is 0.265 e. The maximum Gasteiger partial charge on any atom is 0.297 e. The quantitative estimate of drug-likeness (QED) is 0.656. The van der Waals surface area contributed by atoms with Gasteiger partial charge in [-0.15, -0.1) is 11.3 Å². The number of hydrogen-bond donors (Lipinski definition) is 0. The molecular formula is C7H5N3OS. The van der Waals surface area contributed by atoms with Crippen LogP contribution in [0.4, 0.5) is 0 Å². The Kier molecular flexibility index (Phi) is 1.71. The second kappa shape index (κ2) is 2.86. The Balaban J connectivity index is 2.34. The van der Waals surface area contributed by atoms with Gasteiger partial charge in [-0.3, -0.25) is 4.79 Å². The van der Waals surface area contributed by atoms with Crippen LogP contribution in [0.5, 0.6) is 0 Å². The first-order valence-corrected chi connectivity index (χ1v) is 4.25.